The van der Waals surface area contributed by atoms with Crippen molar-refractivity contribution >= 4 is 34.9 Å². The zero-order chi connectivity index (χ0) is 31.4. The van der Waals surface area contributed by atoms with Gasteiger partial charge in [0.15, 0.2) is 11.5 Å². The van der Waals surface area contributed by atoms with Gasteiger partial charge in [0.25, 0.3) is 0 Å². The van der Waals surface area contributed by atoms with Crippen molar-refractivity contribution in [3.8, 4) is 23.0 Å². The molecular formula is C34H36FN3O6. The molecule has 0 radical (unpaired) electrons. The number of likely N-dealkylation sites (N-methyl/N-ethyl adjacent to an activating group) is 1. The molecule has 3 aromatic rings. The van der Waals surface area contributed by atoms with Gasteiger partial charge in [0.2, 0.25) is 11.7 Å². The number of allylic oxidation sites excluding steroid dienone is 2. The maximum absolute atomic E-state index is 14.4. The summed E-state index contributed by atoms with van der Waals surface area (Å²) >= 11 is 0. The average molecular weight is 602 g/mol. The van der Waals surface area contributed by atoms with Gasteiger partial charge in [-0.25, -0.2) is 9.18 Å². The van der Waals surface area contributed by atoms with Gasteiger partial charge in [-0.2, -0.15) is 0 Å². The lowest BCUT2D eigenvalue weighted by atomic mass is 10.00. The van der Waals surface area contributed by atoms with Crippen LogP contribution in [0.5, 0.6) is 23.0 Å². The van der Waals surface area contributed by atoms with E-state index in [0.717, 1.165) is 35.4 Å². The van der Waals surface area contributed by atoms with Gasteiger partial charge in [0.05, 0.1) is 27.8 Å². The Hall–Kier alpha value is -4.83. The number of carbonyl (C=O) groups excluding carboxylic acids is 2. The molecule has 5 rings (SSSR count). The number of piperazine rings is 1. The Labute approximate surface area is 256 Å². The van der Waals surface area contributed by atoms with E-state index in [4.69, 9.17) is 18.9 Å². The molecule has 0 spiro atoms. The van der Waals surface area contributed by atoms with Gasteiger partial charge in [-0.1, -0.05) is 12.1 Å². The Kier molecular flexibility index (Phi) is 9.20. The van der Waals surface area contributed by atoms with Crippen molar-refractivity contribution in [3.63, 3.8) is 0 Å². The fraction of sp³-hybridized carbons (Fsp3) is 0.294. The highest BCUT2D eigenvalue weighted by Crippen LogP contribution is 2.45. The number of hydrogen-bond acceptors (Lipinski definition) is 7. The molecule has 0 atom stereocenters. The van der Waals surface area contributed by atoms with E-state index in [1.807, 2.05) is 20.0 Å². The number of amides is 2. The maximum Gasteiger partial charge on any atom is 0.415 e. The molecule has 10 heteroatoms. The van der Waals surface area contributed by atoms with Crippen LogP contribution < -0.4 is 24.3 Å². The van der Waals surface area contributed by atoms with Crippen LogP contribution in [0.25, 0.3) is 17.2 Å². The highest BCUT2D eigenvalue weighted by Gasteiger charge is 2.27. The van der Waals surface area contributed by atoms with Gasteiger partial charge in [-0.15, -0.1) is 0 Å². The summed E-state index contributed by atoms with van der Waals surface area (Å²) in [6.45, 7) is 4.57. The number of rotatable bonds is 8. The van der Waals surface area contributed by atoms with Crippen molar-refractivity contribution in [2.75, 3.05) is 59.9 Å². The van der Waals surface area contributed by atoms with Crippen LogP contribution in [0.4, 0.5) is 14.9 Å². The molecule has 44 heavy (non-hydrogen) atoms. The Morgan fingerprint density at radius 3 is 2.27 bits per heavy atom. The van der Waals surface area contributed by atoms with Crippen molar-refractivity contribution in [2.45, 2.75) is 13.3 Å². The highest BCUT2D eigenvalue weighted by molar-refractivity contribution is 6.10. The minimum absolute atomic E-state index is 0.0463. The van der Waals surface area contributed by atoms with E-state index in [1.54, 1.807) is 54.5 Å². The normalized spacial score (nSPS) is 15.7. The number of methoxy groups -OCH3 is 3. The average Bonchev–Trinajstić information content (AvgIpc) is 3.26. The Balaban J connectivity index is 1.45. The lowest BCUT2D eigenvalue weighted by Crippen LogP contribution is -2.48. The van der Waals surface area contributed by atoms with Crippen LogP contribution in [0.3, 0.4) is 0 Å². The van der Waals surface area contributed by atoms with E-state index in [0.29, 0.717) is 47.2 Å². The second kappa shape index (κ2) is 13.2. The molecule has 1 aliphatic carbocycles. The van der Waals surface area contributed by atoms with Crippen LogP contribution in [0.1, 0.15) is 30.0 Å². The molecule has 0 unspecified atom stereocenters. The molecule has 1 fully saturated rings. The van der Waals surface area contributed by atoms with Crippen LogP contribution in [0, 0.1) is 5.82 Å². The summed E-state index contributed by atoms with van der Waals surface area (Å²) in [5.74, 6) is 0.850. The number of nitrogens with one attached hydrogen (secondary N) is 1. The summed E-state index contributed by atoms with van der Waals surface area (Å²) in [6, 6.07) is 15.2. The molecule has 1 aliphatic heterocycles. The quantitative estimate of drug-likeness (QED) is 0.341. The first-order valence-electron chi connectivity index (χ1n) is 14.3. The summed E-state index contributed by atoms with van der Waals surface area (Å²) in [6.07, 6.45) is 1.50. The van der Waals surface area contributed by atoms with Crippen molar-refractivity contribution in [1.82, 2.24) is 9.80 Å². The molecule has 1 saturated heterocycles. The Bertz CT molecular complexity index is 1620. The molecule has 230 valence electrons. The van der Waals surface area contributed by atoms with Crippen LogP contribution in [0.2, 0.25) is 0 Å². The molecule has 3 aromatic carbocycles. The zero-order valence-corrected chi connectivity index (χ0v) is 25.5. The topological polar surface area (TPSA) is 89.6 Å². The van der Waals surface area contributed by atoms with Gasteiger partial charge in [-0.3, -0.25) is 4.79 Å². The predicted octanol–water partition coefficient (Wildman–Crippen LogP) is 5.95. The zero-order valence-electron chi connectivity index (χ0n) is 25.5. The van der Waals surface area contributed by atoms with Gasteiger partial charge in [0, 0.05) is 37.9 Å². The molecule has 2 amide bonds. The van der Waals surface area contributed by atoms with Gasteiger partial charge in [-0.05, 0) is 89.9 Å². The number of ether oxygens (including phenoxy) is 4. The number of carbonyl (C=O) groups is 2. The number of halogens is 1. The van der Waals surface area contributed by atoms with Gasteiger partial charge >= 0.3 is 6.09 Å². The third-order valence-electron chi connectivity index (χ3n) is 7.89. The molecule has 9 nitrogen and oxygen atoms in total. The largest absolute Gasteiger partial charge is 0.497 e. The Morgan fingerprint density at radius 1 is 0.909 bits per heavy atom. The van der Waals surface area contributed by atoms with E-state index < -0.39 is 11.9 Å². The predicted molar refractivity (Wildman–Crippen MR) is 168 cm³/mol. The standard InChI is InChI=1S/C34H36FN3O6/c1-21-27(15-22-16-30(42-4)33(31(17-22)43-5)44-34(40)38-13-11-37(2)12-14-38)26-10-9-23(35)18-29(26)28(21)20-32(39)36-24-7-6-8-25(19-24)41-3/h6-10,15-19H,11-14,20H2,1-5H3,(H,36,39). The maximum atomic E-state index is 14.4. The molecule has 0 bridgehead atoms. The molecular weight excluding hydrogens is 565 g/mol. The van der Waals surface area contributed by atoms with Gasteiger partial charge in [0.1, 0.15) is 11.6 Å². The molecule has 1 heterocycles. The second-order valence-electron chi connectivity index (χ2n) is 10.7. The van der Waals surface area contributed by atoms with E-state index in [2.05, 4.69) is 10.2 Å². The summed E-state index contributed by atoms with van der Waals surface area (Å²) < 4.78 is 36.7. The summed E-state index contributed by atoms with van der Waals surface area (Å²) in [7, 11) is 6.57. The van der Waals surface area contributed by atoms with Crippen LogP contribution in [-0.2, 0) is 4.79 Å². The number of hydrogen-bond donors (Lipinski definition) is 1. The lowest BCUT2D eigenvalue weighted by Gasteiger charge is -2.31. The molecule has 1 N–H and O–H groups in total. The summed E-state index contributed by atoms with van der Waals surface area (Å²) in [4.78, 5) is 29.9. The van der Waals surface area contributed by atoms with Crippen molar-refractivity contribution in [3.05, 3.63) is 82.7 Å². The third kappa shape index (κ3) is 6.55. The van der Waals surface area contributed by atoms with E-state index in [9.17, 15) is 14.0 Å². The Morgan fingerprint density at radius 2 is 1.61 bits per heavy atom. The fourth-order valence-electron chi connectivity index (χ4n) is 5.44. The first-order chi connectivity index (χ1) is 21.2. The minimum atomic E-state index is -0.469. The van der Waals surface area contributed by atoms with Gasteiger partial charge < -0.3 is 34.1 Å². The van der Waals surface area contributed by atoms with Crippen LogP contribution in [-0.4, -0.2) is 76.4 Å². The molecule has 0 saturated carbocycles. The highest BCUT2D eigenvalue weighted by atomic mass is 19.1. The number of benzene rings is 3. The van der Waals surface area contributed by atoms with E-state index in [1.165, 1.54) is 26.4 Å². The fourth-order valence-corrected chi connectivity index (χ4v) is 5.44. The summed E-state index contributed by atoms with van der Waals surface area (Å²) in [5, 5.41) is 2.91. The number of fused-ring (bicyclic) bond motifs is 1. The van der Waals surface area contributed by atoms with Crippen LogP contribution in [0.15, 0.2) is 60.2 Å². The van der Waals surface area contributed by atoms with Crippen molar-refractivity contribution < 1.29 is 32.9 Å². The lowest BCUT2D eigenvalue weighted by molar-refractivity contribution is -0.115. The smallest absolute Gasteiger partial charge is 0.415 e. The minimum Gasteiger partial charge on any atom is -0.497 e. The molecule has 0 aromatic heterocycles. The monoisotopic (exact) mass is 601 g/mol. The van der Waals surface area contributed by atoms with Crippen molar-refractivity contribution in [2.24, 2.45) is 0 Å². The first-order valence-corrected chi connectivity index (χ1v) is 14.3. The number of anilines is 1. The number of nitrogens with zero attached hydrogens (tertiary/aromatic N) is 2. The van der Waals surface area contributed by atoms with Crippen molar-refractivity contribution in [1.29, 1.82) is 0 Å². The summed E-state index contributed by atoms with van der Waals surface area (Å²) in [5.41, 5.74) is 5.18. The van der Waals surface area contributed by atoms with E-state index in [-0.39, 0.29) is 18.1 Å². The van der Waals surface area contributed by atoms with Crippen LogP contribution >= 0.6 is 0 Å². The first kappa shape index (κ1) is 30.6. The molecule has 2 aliphatic rings. The SMILES string of the molecule is COc1cccc(NC(=O)CC2=C(C)C(=Cc3cc(OC)c(OC(=O)N4CCN(C)CC4)c(OC)c3)c3ccc(F)cc32)c1. The third-order valence-corrected chi connectivity index (χ3v) is 7.89. The second-order valence-corrected chi connectivity index (χ2v) is 10.7. The van der Waals surface area contributed by atoms with E-state index >= 15 is 0 Å².